The zero-order valence-corrected chi connectivity index (χ0v) is 11.7. The molecule has 0 spiro atoms. The fraction of sp³-hybridized carbons (Fsp3) is 0.385. The molecule has 0 amide bonds. The van der Waals surface area contributed by atoms with Gasteiger partial charge < -0.3 is 5.32 Å². The highest BCUT2D eigenvalue weighted by Gasteiger charge is 2.09. The van der Waals surface area contributed by atoms with Crippen molar-refractivity contribution in [1.29, 1.82) is 0 Å². The lowest BCUT2D eigenvalue weighted by Gasteiger charge is -2.10. The Bertz CT molecular complexity index is 553. The molecule has 19 heavy (non-hydrogen) atoms. The van der Waals surface area contributed by atoms with Crippen molar-refractivity contribution in [2.45, 2.75) is 33.0 Å². The molecule has 0 aliphatic heterocycles. The molecule has 0 bridgehead atoms. The smallest absolute Gasteiger partial charge is 0.141 e. The van der Waals surface area contributed by atoms with Crippen LogP contribution in [0.5, 0.6) is 0 Å². The fourth-order valence-corrected chi connectivity index (χ4v) is 1.87. The van der Waals surface area contributed by atoms with E-state index in [-0.39, 0.29) is 5.82 Å². The summed E-state index contributed by atoms with van der Waals surface area (Å²) in [4.78, 5) is 4.17. The zero-order valence-electron chi connectivity index (χ0n) is 10.9. The van der Waals surface area contributed by atoms with Crippen molar-refractivity contribution in [1.82, 2.24) is 20.1 Å². The number of nitrogens with one attached hydrogen (secondary N) is 1. The van der Waals surface area contributed by atoms with Crippen LogP contribution in [0.25, 0.3) is 0 Å². The van der Waals surface area contributed by atoms with Crippen LogP contribution in [-0.2, 0) is 13.1 Å². The molecule has 0 radical (unpaired) electrons. The first kappa shape index (κ1) is 14.0. The van der Waals surface area contributed by atoms with E-state index in [1.807, 2.05) is 0 Å². The van der Waals surface area contributed by atoms with E-state index in [2.05, 4.69) is 29.2 Å². The summed E-state index contributed by atoms with van der Waals surface area (Å²) in [6.07, 6.45) is 1.47. The van der Waals surface area contributed by atoms with Crippen molar-refractivity contribution in [2.75, 3.05) is 0 Å². The average molecular weight is 283 g/mol. The summed E-state index contributed by atoms with van der Waals surface area (Å²) in [6, 6.07) is 4.86. The molecular weight excluding hydrogens is 267 g/mol. The summed E-state index contributed by atoms with van der Waals surface area (Å²) in [6.45, 7) is 5.02. The second-order valence-corrected chi connectivity index (χ2v) is 5.04. The third-order valence-electron chi connectivity index (χ3n) is 2.69. The van der Waals surface area contributed by atoms with Gasteiger partial charge in [-0.2, -0.15) is 5.10 Å². The maximum absolute atomic E-state index is 13.7. The van der Waals surface area contributed by atoms with E-state index in [4.69, 9.17) is 11.6 Å². The number of nitrogens with zero attached hydrogens (tertiary/aromatic N) is 3. The van der Waals surface area contributed by atoms with E-state index < -0.39 is 0 Å². The molecule has 1 N–H and O–H groups in total. The molecule has 0 atom stereocenters. The summed E-state index contributed by atoms with van der Waals surface area (Å²) in [5.41, 5.74) is 0.504. The van der Waals surface area contributed by atoms with Crippen molar-refractivity contribution < 1.29 is 4.39 Å². The van der Waals surface area contributed by atoms with Crippen LogP contribution < -0.4 is 5.32 Å². The van der Waals surface area contributed by atoms with E-state index in [9.17, 15) is 4.39 Å². The second kappa shape index (κ2) is 6.12. The first-order chi connectivity index (χ1) is 9.06. The van der Waals surface area contributed by atoms with Gasteiger partial charge in [-0.15, -0.1) is 0 Å². The zero-order chi connectivity index (χ0) is 13.8. The van der Waals surface area contributed by atoms with Crippen LogP contribution in [-0.4, -0.2) is 20.8 Å². The molecule has 1 aromatic carbocycles. The van der Waals surface area contributed by atoms with Crippen molar-refractivity contribution in [3.63, 3.8) is 0 Å². The van der Waals surface area contributed by atoms with Crippen LogP contribution in [0.15, 0.2) is 24.5 Å². The molecule has 0 aliphatic carbocycles. The normalized spacial score (nSPS) is 11.2. The van der Waals surface area contributed by atoms with Crippen molar-refractivity contribution in [3.05, 3.63) is 46.8 Å². The standard InChI is InChI=1S/C13H16ClFN4/c1-9(2)16-6-13-17-8-18-19(13)7-10-5-11(14)3-4-12(10)15/h3-5,8-9,16H,6-7H2,1-2H3. The molecule has 0 fully saturated rings. The third kappa shape index (κ3) is 3.75. The minimum Gasteiger partial charge on any atom is -0.308 e. The first-order valence-corrected chi connectivity index (χ1v) is 6.48. The highest BCUT2D eigenvalue weighted by Crippen LogP contribution is 2.16. The molecule has 4 nitrogen and oxygen atoms in total. The van der Waals surface area contributed by atoms with Gasteiger partial charge in [0.25, 0.3) is 0 Å². The van der Waals surface area contributed by atoms with E-state index in [1.165, 1.54) is 18.5 Å². The number of hydrogen-bond acceptors (Lipinski definition) is 3. The minimum absolute atomic E-state index is 0.289. The molecule has 0 aliphatic rings. The van der Waals surface area contributed by atoms with Crippen LogP contribution in [0.1, 0.15) is 25.2 Å². The van der Waals surface area contributed by atoms with Gasteiger partial charge in [0.05, 0.1) is 13.1 Å². The summed E-state index contributed by atoms with van der Waals surface area (Å²) < 4.78 is 15.3. The van der Waals surface area contributed by atoms with Gasteiger partial charge in [0.2, 0.25) is 0 Å². The van der Waals surface area contributed by atoms with E-state index in [1.54, 1.807) is 10.7 Å². The highest BCUT2D eigenvalue weighted by atomic mass is 35.5. The largest absolute Gasteiger partial charge is 0.308 e. The summed E-state index contributed by atoms with van der Waals surface area (Å²) in [5.74, 6) is 0.482. The Morgan fingerprint density at radius 2 is 2.21 bits per heavy atom. The maximum Gasteiger partial charge on any atom is 0.141 e. The molecule has 2 aromatic rings. The Kier molecular flexibility index (Phi) is 4.50. The molecule has 0 saturated carbocycles. The van der Waals surface area contributed by atoms with Crippen LogP contribution in [0.2, 0.25) is 5.02 Å². The summed E-state index contributed by atoms with van der Waals surface area (Å²) in [7, 11) is 0. The Hall–Kier alpha value is -1.46. The Balaban J connectivity index is 2.15. The van der Waals surface area contributed by atoms with Crippen molar-refractivity contribution in [3.8, 4) is 0 Å². The molecular formula is C13H16ClFN4. The predicted octanol–water partition coefficient (Wildman–Crippen LogP) is 2.62. The monoisotopic (exact) mass is 282 g/mol. The Morgan fingerprint density at radius 1 is 1.42 bits per heavy atom. The average Bonchev–Trinajstić information content (AvgIpc) is 2.79. The number of halogens is 2. The van der Waals surface area contributed by atoms with Gasteiger partial charge in [0.15, 0.2) is 0 Å². The lowest BCUT2D eigenvalue weighted by atomic mass is 10.2. The van der Waals surface area contributed by atoms with Crippen LogP contribution >= 0.6 is 11.6 Å². The molecule has 2 rings (SSSR count). The number of benzene rings is 1. The SMILES string of the molecule is CC(C)NCc1ncnn1Cc1cc(Cl)ccc1F. The molecule has 6 heteroatoms. The van der Waals surface area contributed by atoms with E-state index in [0.29, 0.717) is 29.7 Å². The molecule has 102 valence electrons. The summed E-state index contributed by atoms with van der Waals surface area (Å²) in [5, 5.41) is 7.89. The third-order valence-corrected chi connectivity index (χ3v) is 2.93. The van der Waals surface area contributed by atoms with Gasteiger partial charge in [0.1, 0.15) is 18.0 Å². The highest BCUT2D eigenvalue weighted by molar-refractivity contribution is 6.30. The van der Waals surface area contributed by atoms with Crippen LogP contribution in [0.4, 0.5) is 4.39 Å². The lowest BCUT2D eigenvalue weighted by molar-refractivity contribution is 0.528. The second-order valence-electron chi connectivity index (χ2n) is 4.61. The molecule has 1 heterocycles. The van der Waals surface area contributed by atoms with Crippen molar-refractivity contribution >= 4 is 11.6 Å². The van der Waals surface area contributed by atoms with Gasteiger partial charge in [-0.05, 0) is 18.2 Å². The van der Waals surface area contributed by atoms with Gasteiger partial charge >= 0.3 is 0 Å². The maximum atomic E-state index is 13.7. The van der Waals surface area contributed by atoms with Crippen LogP contribution in [0, 0.1) is 5.82 Å². The Morgan fingerprint density at radius 3 is 2.95 bits per heavy atom. The quantitative estimate of drug-likeness (QED) is 0.917. The number of hydrogen-bond donors (Lipinski definition) is 1. The van der Waals surface area contributed by atoms with Gasteiger partial charge in [0, 0.05) is 16.6 Å². The molecule has 0 saturated heterocycles. The van der Waals surface area contributed by atoms with Gasteiger partial charge in [-0.1, -0.05) is 25.4 Å². The molecule has 1 aromatic heterocycles. The van der Waals surface area contributed by atoms with Crippen molar-refractivity contribution in [2.24, 2.45) is 0 Å². The van der Waals surface area contributed by atoms with E-state index >= 15 is 0 Å². The summed E-state index contributed by atoms with van der Waals surface area (Å²) >= 11 is 5.88. The number of rotatable bonds is 5. The van der Waals surface area contributed by atoms with Crippen LogP contribution in [0.3, 0.4) is 0 Å². The lowest BCUT2D eigenvalue weighted by Crippen LogP contribution is -2.24. The fourth-order valence-electron chi connectivity index (χ4n) is 1.68. The van der Waals surface area contributed by atoms with Gasteiger partial charge in [-0.3, -0.25) is 0 Å². The van der Waals surface area contributed by atoms with E-state index in [0.717, 1.165) is 5.82 Å². The first-order valence-electron chi connectivity index (χ1n) is 6.10. The topological polar surface area (TPSA) is 42.7 Å². The number of aromatic nitrogens is 3. The Labute approximate surface area is 116 Å². The predicted molar refractivity (Wildman–Crippen MR) is 72.5 cm³/mol. The molecule has 0 unspecified atom stereocenters. The van der Waals surface area contributed by atoms with Gasteiger partial charge in [-0.25, -0.2) is 14.1 Å². The minimum atomic E-state index is -0.289.